The van der Waals surface area contributed by atoms with Crippen LogP contribution in [0.2, 0.25) is 0 Å². The molecule has 0 radical (unpaired) electrons. The molecule has 0 aliphatic carbocycles. The van der Waals surface area contributed by atoms with Gasteiger partial charge in [-0.25, -0.2) is 4.39 Å². The SMILES string of the molecule is Cc1ccc(-c2cc(N3CCC(F)CC3)n[nH]2)cc1. The first kappa shape index (κ1) is 12.2. The van der Waals surface area contributed by atoms with Gasteiger partial charge in [-0.2, -0.15) is 5.10 Å². The lowest BCUT2D eigenvalue weighted by atomic mass is 10.1. The zero-order chi connectivity index (χ0) is 13.2. The first-order valence-corrected chi connectivity index (χ1v) is 6.74. The third-order valence-electron chi connectivity index (χ3n) is 3.68. The van der Waals surface area contributed by atoms with Crippen LogP contribution in [0.3, 0.4) is 0 Å². The fraction of sp³-hybridized carbons (Fsp3) is 0.400. The van der Waals surface area contributed by atoms with Crippen molar-refractivity contribution in [3.63, 3.8) is 0 Å². The van der Waals surface area contributed by atoms with Gasteiger partial charge in [0.15, 0.2) is 5.82 Å². The molecule has 19 heavy (non-hydrogen) atoms. The molecule has 0 unspecified atom stereocenters. The number of hydrogen-bond donors (Lipinski definition) is 1. The Morgan fingerprint density at radius 3 is 2.58 bits per heavy atom. The quantitative estimate of drug-likeness (QED) is 0.897. The minimum atomic E-state index is -0.647. The van der Waals surface area contributed by atoms with E-state index in [4.69, 9.17) is 0 Å². The van der Waals surface area contributed by atoms with Crippen molar-refractivity contribution >= 4 is 5.82 Å². The molecule has 1 N–H and O–H groups in total. The summed E-state index contributed by atoms with van der Waals surface area (Å²) < 4.78 is 13.1. The highest BCUT2D eigenvalue weighted by molar-refractivity contribution is 5.63. The van der Waals surface area contributed by atoms with Crippen molar-refractivity contribution < 1.29 is 4.39 Å². The summed E-state index contributed by atoms with van der Waals surface area (Å²) in [5.41, 5.74) is 3.38. The summed E-state index contributed by atoms with van der Waals surface area (Å²) in [6.07, 6.45) is 0.561. The van der Waals surface area contributed by atoms with E-state index in [1.54, 1.807) is 0 Å². The molecule has 0 amide bonds. The van der Waals surface area contributed by atoms with Crippen LogP contribution in [0.4, 0.5) is 10.2 Å². The fourth-order valence-electron chi connectivity index (χ4n) is 2.43. The highest BCUT2D eigenvalue weighted by Gasteiger charge is 2.20. The first-order chi connectivity index (χ1) is 9.22. The molecule has 3 rings (SSSR count). The van der Waals surface area contributed by atoms with Crippen molar-refractivity contribution in [2.45, 2.75) is 25.9 Å². The minimum absolute atomic E-state index is 0.604. The number of rotatable bonds is 2. The minimum Gasteiger partial charge on any atom is -0.355 e. The van der Waals surface area contributed by atoms with Gasteiger partial charge in [-0.3, -0.25) is 5.10 Å². The molecular weight excluding hydrogens is 241 g/mol. The number of nitrogens with one attached hydrogen (secondary N) is 1. The van der Waals surface area contributed by atoms with Crippen LogP contribution in [0.1, 0.15) is 18.4 Å². The molecule has 1 aromatic heterocycles. The summed E-state index contributed by atoms with van der Waals surface area (Å²) in [4.78, 5) is 2.14. The average molecular weight is 259 g/mol. The molecule has 1 aliphatic rings. The molecule has 1 saturated heterocycles. The molecule has 4 heteroatoms. The van der Waals surface area contributed by atoms with Gasteiger partial charge in [0.25, 0.3) is 0 Å². The molecule has 2 aromatic rings. The van der Waals surface area contributed by atoms with Crippen LogP contribution in [-0.4, -0.2) is 29.5 Å². The first-order valence-electron chi connectivity index (χ1n) is 6.74. The zero-order valence-electron chi connectivity index (χ0n) is 11.1. The van der Waals surface area contributed by atoms with E-state index in [0.29, 0.717) is 12.8 Å². The van der Waals surface area contributed by atoms with Crippen molar-refractivity contribution in [1.82, 2.24) is 10.2 Å². The molecule has 0 spiro atoms. The lowest BCUT2D eigenvalue weighted by Gasteiger charge is -2.28. The van der Waals surface area contributed by atoms with Crippen LogP contribution in [0.5, 0.6) is 0 Å². The summed E-state index contributed by atoms with van der Waals surface area (Å²) in [7, 11) is 0. The molecule has 0 saturated carbocycles. The Morgan fingerprint density at radius 2 is 1.89 bits per heavy atom. The van der Waals surface area contributed by atoms with E-state index >= 15 is 0 Å². The second kappa shape index (κ2) is 5.03. The van der Waals surface area contributed by atoms with Gasteiger partial charge in [-0.1, -0.05) is 29.8 Å². The Balaban J connectivity index is 1.77. The molecule has 2 heterocycles. The van der Waals surface area contributed by atoms with Gasteiger partial charge in [-0.15, -0.1) is 0 Å². The molecule has 0 atom stereocenters. The number of halogens is 1. The van der Waals surface area contributed by atoms with Crippen LogP contribution in [-0.2, 0) is 0 Å². The Hall–Kier alpha value is -1.84. The van der Waals surface area contributed by atoms with E-state index in [9.17, 15) is 4.39 Å². The van der Waals surface area contributed by atoms with Gasteiger partial charge in [0.1, 0.15) is 6.17 Å². The molecule has 1 aromatic carbocycles. The number of anilines is 1. The molecule has 100 valence electrons. The lowest BCUT2D eigenvalue weighted by Crippen LogP contribution is -2.34. The van der Waals surface area contributed by atoms with Crippen molar-refractivity contribution in [3.05, 3.63) is 35.9 Å². The highest BCUT2D eigenvalue weighted by Crippen LogP contribution is 2.24. The Bertz CT molecular complexity index is 539. The van der Waals surface area contributed by atoms with E-state index in [-0.39, 0.29) is 0 Å². The van der Waals surface area contributed by atoms with E-state index in [1.165, 1.54) is 5.56 Å². The van der Waals surface area contributed by atoms with Gasteiger partial charge in [0.2, 0.25) is 0 Å². The van der Waals surface area contributed by atoms with Gasteiger partial charge >= 0.3 is 0 Å². The summed E-state index contributed by atoms with van der Waals surface area (Å²) >= 11 is 0. The van der Waals surface area contributed by atoms with Gasteiger partial charge in [-0.05, 0) is 25.3 Å². The number of benzene rings is 1. The largest absolute Gasteiger partial charge is 0.355 e. The van der Waals surface area contributed by atoms with Crippen molar-refractivity contribution in [2.24, 2.45) is 0 Å². The maximum absolute atomic E-state index is 13.1. The highest BCUT2D eigenvalue weighted by atomic mass is 19.1. The summed E-state index contributed by atoms with van der Waals surface area (Å²) in [5.74, 6) is 0.919. The molecule has 3 nitrogen and oxygen atoms in total. The second-order valence-electron chi connectivity index (χ2n) is 5.17. The van der Waals surface area contributed by atoms with Gasteiger partial charge in [0, 0.05) is 19.2 Å². The maximum Gasteiger partial charge on any atom is 0.150 e. The number of H-pyrrole nitrogens is 1. The van der Waals surface area contributed by atoms with Crippen LogP contribution < -0.4 is 4.90 Å². The Kier molecular flexibility index (Phi) is 3.23. The molecule has 1 aliphatic heterocycles. The summed E-state index contributed by atoms with van der Waals surface area (Å²) in [5, 5.41) is 7.41. The number of aryl methyl sites for hydroxylation is 1. The third-order valence-corrected chi connectivity index (χ3v) is 3.68. The number of aromatic amines is 1. The Labute approximate surface area is 112 Å². The number of alkyl halides is 1. The van der Waals surface area contributed by atoms with E-state index in [0.717, 1.165) is 30.2 Å². The van der Waals surface area contributed by atoms with Crippen LogP contribution in [0, 0.1) is 6.92 Å². The topological polar surface area (TPSA) is 31.9 Å². The predicted molar refractivity (Wildman–Crippen MR) is 75.1 cm³/mol. The average Bonchev–Trinajstić information content (AvgIpc) is 2.90. The maximum atomic E-state index is 13.1. The zero-order valence-corrected chi connectivity index (χ0v) is 11.1. The van der Waals surface area contributed by atoms with E-state index in [2.05, 4.69) is 46.3 Å². The van der Waals surface area contributed by atoms with Gasteiger partial charge in [0.05, 0.1) is 5.69 Å². The smallest absolute Gasteiger partial charge is 0.150 e. The molecular formula is C15H18FN3. The number of nitrogens with zero attached hydrogens (tertiary/aromatic N) is 2. The van der Waals surface area contributed by atoms with Crippen LogP contribution in [0.25, 0.3) is 11.3 Å². The van der Waals surface area contributed by atoms with Crippen LogP contribution >= 0.6 is 0 Å². The lowest BCUT2D eigenvalue weighted by molar-refractivity contribution is 0.276. The summed E-state index contributed by atoms with van der Waals surface area (Å²) in [6, 6.07) is 10.4. The van der Waals surface area contributed by atoms with Crippen molar-refractivity contribution in [2.75, 3.05) is 18.0 Å². The van der Waals surface area contributed by atoms with Crippen molar-refractivity contribution in [1.29, 1.82) is 0 Å². The number of hydrogen-bond acceptors (Lipinski definition) is 2. The summed E-state index contributed by atoms with van der Waals surface area (Å²) in [6.45, 7) is 3.57. The fourth-order valence-corrected chi connectivity index (χ4v) is 2.43. The van der Waals surface area contributed by atoms with E-state index in [1.807, 2.05) is 6.07 Å². The van der Waals surface area contributed by atoms with E-state index < -0.39 is 6.17 Å². The molecule has 1 fully saturated rings. The molecule has 0 bridgehead atoms. The normalized spacial score (nSPS) is 16.8. The second-order valence-corrected chi connectivity index (χ2v) is 5.17. The third kappa shape index (κ3) is 2.62. The predicted octanol–water partition coefficient (Wildman–Crippen LogP) is 3.32. The number of piperidine rings is 1. The monoisotopic (exact) mass is 259 g/mol. The van der Waals surface area contributed by atoms with Gasteiger partial charge < -0.3 is 4.90 Å². The standard InChI is InChI=1S/C15H18FN3/c1-11-2-4-12(5-3-11)14-10-15(18-17-14)19-8-6-13(16)7-9-19/h2-5,10,13H,6-9H2,1H3,(H,17,18). The number of aromatic nitrogens is 2. The Morgan fingerprint density at radius 1 is 1.21 bits per heavy atom. The van der Waals surface area contributed by atoms with Crippen molar-refractivity contribution in [3.8, 4) is 11.3 Å². The van der Waals surface area contributed by atoms with Crippen LogP contribution in [0.15, 0.2) is 30.3 Å².